The fourth-order valence-corrected chi connectivity index (χ4v) is 5.43. The third-order valence-electron chi connectivity index (χ3n) is 5.30. The Morgan fingerprint density at radius 3 is 2.14 bits per heavy atom. The molecule has 3 aromatic rings. The SMILES string of the molecule is O=C(Nc1ccc(F)cc1F)c1cc(NC(=O)[C@H]2[C@H](c3cc(Cl)cc(Cl)c3)C2(Cl)Cl)cc(Cl)c1Cl. The zero-order valence-electron chi connectivity index (χ0n) is 17.1. The maximum Gasteiger partial charge on any atom is 0.257 e. The molecular formula is C23H12Cl6F2N2O2. The molecule has 3 aromatic carbocycles. The Kier molecular flexibility index (Phi) is 7.45. The van der Waals surface area contributed by atoms with E-state index in [4.69, 9.17) is 69.6 Å². The van der Waals surface area contributed by atoms with Crippen molar-refractivity contribution in [1.29, 1.82) is 0 Å². The maximum absolute atomic E-state index is 13.9. The number of amides is 2. The first-order valence-electron chi connectivity index (χ1n) is 9.78. The minimum atomic E-state index is -1.42. The third kappa shape index (κ3) is 5.48. The van der Waals surface area contributed by atoms with Crippen LogP contribution in [0.2, 0.25) is 20.1 Å². The van der Waals surface area contributed by atoms with Gasteiger partial charge in [0.05, 0.1) is 27.2 Å². The second kappa shape index (κ2) is 9.92. The molecule has 12 heteroatoms. The van der Waals surface area contributed by atoms with Gasteiger partial charge >= 0.3 is 0 Å². The zero-order valence-corrected chi connectivity index (χ0v) is 21.6. The molecule has 1 aliphatic carbocycles. The van der Waals surface area contributed by atoms with Gasteiger partial charge in [-0.05, 0) is 48.0 Å². The summed E-state index contributed by atoms with van der Waals surface area (Å²) < 4.78 is 25.7. The molecule has 0 heterocycles. The molecule has 0 aromatic heterocycles. The third-order valence-corrected chi connectivity index (χ3v) is 7.48. The van der Waals surface area contributed by atoms with E-state index in [2.05, 4.69) is 10.6 Å². The second-order valence-corrected chi connectivity index (χ2v) is 10.8. The van der Waals surface area contributed by atoms with Gasteiger partial charge in [-0.15, -0.1) is 23.2 Å². The molecule has 2 N–H and O–H groups in total. The van der Waals surface area contributed by atoms with Crippen LogP contribution in [-0.2, 0) is 4.79 Å². The van der Waals surface area contributed by atoms with Crippen molar-refractivity contribution in [3.8, 4) is 0 Å². The molecule has 182 valence electrons. The van der Waals surface area contributed by atoms with Gasteiger partial charge in [0, 0.05) is 27.7 Å². The molecule has 0 bridgehead atoms. The van der Waals surface area contributed by atoms with Gasteiger partial charge in [0.25, 0.3) is 5.91 Å². The number of anilines is 2. The fraction of sp³-hybridized carbons (Fsp3) is 0.130. The molecule has 1 aliphatic rings. The van der Waals surface area contributed by atoms with E-state index in [0.717, 1.165) is 12.1 Å². The average molecular weight is 599 g/mol. The van der Waals surface area contributed by atoms with E-state index in [1.54, 1.807) is 12.1 Å². The number of halogens is 8. The molecule has 0 spiro atoms. The van der Waals surface area contributed by atoms with Crippen molar-refractivity contribution in [1.82, 2.24) is 0 Å². The molecule has 0 radical (unpaired) electrons. The summed E-state index contributed by atoms with van der Waals surface area (Å²) in [5.74, 6) is -4.62. The largest absolute Gasteiger partial charge is 0.326 e. The highest BCUT2D eigenvalue weighted by Crippen LogP contribution is 2.65. The van der Waals surface area contributed by atoms with Crippen molar-refractivity contribution >= 4 is 92.8 Å². The van der Waals surface area contributed by atoms with Crippen LogP contribution in [-0.4, -0.2) is 16.1 Å². The predicted octanol–water partition coefficient (Wildman–Crippen LogP) is 8.36. The summed E-state index contributed by atoms with van der Waals surface area (Å²) in [6, 6.07) is 9.99. The Morgan fingerprint density at radius 2 is 1.51 bits per heavy atom. The van der Waals surface area contributed by atoms with Gasteiger partial charge < -0.3 is 10.6 Å². The van der Waals surface area contributed by atoms with Gasteiger partial charge in [0.2, 0.25) is 5.91 Å². The van der Waals surface area contributed by atoms with Crippen LogP contribution in [0.15, 0.2) is 48.5 Å². The molecule has 0 saturated heterocycles. The first-order chi connectivity index (χ1) is 16.4. The van der Waals surface area contributed by atoms with Gasteiger partial charge in [-0.3, -0.25) is 9.59 Å². The highest BCUT2D eigenvalue weighted by molar-refractivity contribution is 6.53. The summed E-state index contributed by atoms with van der Waals surface area (Å²) in [5.41, 5.74) is 0.277. The lowest BCUT2D eigenvalue weighted by atomic mass is 10.1. The molecule has 1 fully saturated rings. The van der Waals surface area contributed by atoms with Gasteiger partial charge in [-0.25, -0.2) is 8.78 Å². The Labute approximate surface area is 228 Å². The summed E-state index contributed by atoms with van der Waals surface area (Å²) >= 11 is 37.1. The summed E-state index contributed by atoms with van der Waals surface area (Å²) in [7, 11) is 0. The van der Waals surface area contributed by atoms with Gasteiger partial charge in [-0.2, -0.15) is 0 Å². The van der Waals surface area contributed by atoms with E-state index in [9.17, 15) is 18.4 Å². The minimum Gasteiger partial charge on any atom is -0.326 e. The van der Waals surface area contributed by atoms with Crippen LogP contribution in [0.25, 0.3) is 0 Å². The van der Waals surface area contributed by atoms with Crippen molar-refractivity contribution in [2.45, 2.75) is 10.3 Å². The van der Waals surface area contributed by atoms with Crippen molar-refractivity contribution in [3.05, 3.63) is 91.4 Å². The molecule has 2 amide bonds. The van der Waals surface area contributed by atoms with Gasteiger partial charge in [0.15, 0.2) is 0 Å². The number of rotatable bonds is 5. The smallest absolute Gasteiger partial charge is 0.257 e. The van der Waals surface area contributed by atoms with Crippen molar-refractivity contribution in [2.24, 2.45) is 5.92 Å². The molecule has 4 rings (SSSR count). The van der Waals surface area contributed by atoms with E-state index in [1.807, 2.05) is 0 Å². The molecule has 0 unspecified atom stereocenters. The molecule has 2 atom stereocenters. The number of carbonyl (C=O) groups excluding carboxylic acids is 2. The van der Waals surface area contributed by atoms with Crippen LogP contribution in [0.4, 0.5) is 20.2 Å². The number of hydrogen-bond acceptors (Lipinski definition) is 2. The summed E-state index contributed by atoms with van der Waals surface area (Å²) in [4.78, 5) is 25.7. The first kappa shape index (κ1) is 26.3. The number of carbonyl (C=O) groups is 2. The number of nitrogens with one attached hydrogen (secondary N) is 2. The summed E-state index contributed by atoms with van der Waals surface area (Å²) in [6.07, 6.45) is 0. The second-order valence-electron chi connectivity index (χ2n) is 7.72. The quantitative estimate of drug-likeness (QED) is 0.290. The van der Waals surface area contributed by atoms with E-state index in [1.165, 1.54) is 18.2 Å². The number of benzene rings is 3. The van der Waals surface area contributed by atoms with Crippen LogP contribution in [0.3, 0.4) is 0 Å². The van der Waals surface area contributed by atoms with Crippen LogP contribution in [0.5, 0.6) is 0 Å². The van der Waals surface area contributed by atoms with Crippen LogP contribution < -0.4 is 10.6 Å². The van der Waals surface area contributed by atoms with Crippen molar-refractivity contribution in [2.75, 3.05) is 10.6 Å². The van der Waals surface area contributed by atoms with E-state index in [0.29, 0.717) is 21.7 Å². The highest BCUT2D eigenvalue weighted by atomic mass is 35.5. The predicted molar refractivity (Wildman–Crippen MR) is 137 cm³/mol. The maximum atomic E-state index is 13.9. The van der Waals surface area contributed by atoms with Crippen LogP contribution >= 0.6 is 69.6 Å². The highest BCUT2D eigenvalue weighted by Gasteiger charge is 2.67. The average Bonchev–Trinajstić information content (AvgIpc) is 3.34. The molecular weight excluding hydrogens is 587 g/mol. The standard InChI is InChI=1S/C23H12Cl6F2N2O2/c24-10-3-9(4-11(25)5-10)18-19(23(18,28)29)22(35)32-13-7-14(20(27)15(26)8-13)21(34)33-17-2-1-12(30)6-16(17)31/h1-8,18-19H,(H,32,35)(H,33,34)/t18-,19+/m0/s1. The first-order valence-corrected chi connectivity index (χ1v) is 12.1. The number of hydrogen-bond donors (Lipinski definition) is 2. The van der Waals surface area contributed by atoms with Crippen LogP contribution in [0.1, 0.15) is 21.8 Å². The lowest BCUT2D eigenvalue weighted by Gasteiger charge is -2.12. The Bertz CT molecular complexity index is 1350. The van der Waals surface area contributed by atoms with E-state index >= 15 is 0 Å². The summed E-state index contributed by atoms with van der Waals surface area (Å²) in [6.45, 7) is 0. The Morgan fingerprint density at radius 1 is 0.857 bits per heavy atom. The zero-order chi connectivity index (χ0) is 25.7. The monoisotopic (exact) mass is 596 g/mol. The van der Waals surface area contributed by atoms with Crippen molar-refractivity contribution in [3.63, 3.8) is 0 Å². The van der Waals surface area contributed by atoms with Gasteiger partial charge in [0.1, 0.15) is 16.0 Å². The topological polar surface area (TPSA) is 58.2 Å². The number of alkyl halides is 2. The Hall–Kier alpha value is -1.80. The molecule has 1 saturated carbocycles. The van der Waals surface area contributed by atoms with Gasteiger partial charge in [-0.1, -0.05) is 46.4 Å². The molecule has 0 aliphatic heterocycles. The van der Waals surface area contributed by atoms with E-state index in [-0.39, 0.29) is 27.0 Å². The molecule has 35 heavy (non-hydrogen) atoms. The Balaban J connectivity index is 1.56. The summed E-state index contributed by atoms with van der Waals surface area (Å²) in [5, 5.41) is 5.44. The van der Waals surface area contributed by atoms with E-state index < -0.39 is 39.6 Å². The lowest BCUT2D eigenvalue weighted by Crippen LogP contribution is -2.18. The molecule has 4 nitrogen and oxygen atoms in total. The lowest BCUT2D eigenvalue weighted by molar-refractivity contribution is -0.117. The van der Waals surface area contributed by atoms with Crippen LogP contribution in [0, 0.1) is 17.6 Å². The van der Waals surface area contributed by atoms with Crippen molar-refractivity contribution < 1.29 is 18.4 Å². The minimum absolute atomic E-state index is 0.0498. The normalized spacial score (nSPS) is 18.2. The fourth-order valence-electron chi connectivity index (χ4n) is 3.65.